The Morgan fingerprint density at radius 2 is 2.00 bits per heavy atom. The van der Waals surface area contributed by atoms with Gasteiger partial charge in [-0.05, 0) is 55.7 Å². The molecular weight excluding hydrogens is 545 g/mol. The lowest BCUT2D eigenvalue weighted by Gasteiger charge is -2.40. The smallest absolute Gasteiger partial charge is 0.355 e. The van der Waals surface area contributed by atoms with E-state index < -0.39 is 11.5 Å². The van der Waals surface area contributed by atoms with E-state index in [1.54, 1.807) is 23.2 Å². The highest BCUT2D eigenvalue weighted by Crippen LogP contribution is 2.37. The minimum atomic E-state index is -0.584. The topological polar surface area (TPSA) is 110 Å². The summed E-state index contributed by atoms with van der Waals surface area (Å²) in [4.78, 5) is 43.8. The van der Waals surface area contributed by atoms with Crippen LogP contribution in [-0.4, -0.2) is 56.0 Å². The van der Waals surface area contributed by atoms with Crippen LogP contribution in [0, 0.1) is 12.7 Å². The van der Waals surface area contributed by atoms with E-state index in [1.807, 2.05) is 38.7 Å². The summed E-state index contributed by atoms with van der Waals surface area (Å²) in [5.41, 5.74) is 8.24. The molecule has 0 unspecified atom stereocenters. The first-order valence-corrected chi connectivity index (χ1v) is 13.7. The standard InChI is InChI=1S/C30H31ClFN7O2/c1-6-23(40)38-13-12-37(15-18(38)5)28-19-14-20(31)26(24-21(32)8-7-9-22(24)33)35-29(19)39(30(41)36-28)27-17(4)10-11-34-25(27)16(2)3/h6-11,14,16,18H,1,12-13,15,33H2,2-5H3/t18-/m1/s1. The van der Waals surface area contributed by atoms with Crippen LogP contribution in [0.25, 0.3) is 28.0 Å². The Bertz CT molecular complexity index is 1730. The summed E-state index contributed by atoms with van der Waals surface area (Å²) >= 11 is 6.76. The van der Waals surface area contributed by atoms with Gasteiger partial charge in [-0.3, -0.25) is 9.78 Å². The first-order valence-electron chi connectivity index (χ1n) is 13.3. The molecule has 0 bridgehead atoms. The van der Waals surface area contributed by atoms with Gasteiger partial charge in [-0.2, -0.15) is 4.98 Å². The number of nitrogens with zero attached hydrogens (tertiary/aromatic N) is 6. The van der Waals surface area contributed by atoms with E-state index in [-0.39, 0.29) is 45.5 Å². The minimum absolute atomic E-state index is 0.0168. The summed E-state index contributed by atoms with van der Waals surface area (Å²) < 4.78 is 16.5. The molecule has 1 fully saturated rings. The molecule has 1 aliphatic heterocycles. The lowest BCUT2D eigenvalue weighted by Crippen LogP contribution is -2.54. The summed E-state index contributed by atoms with van der Waals surface area (Å²) in [6.45, 7) is 12.7. The Kier molecular flexibility index (Phi) is 7.52. The molecule has 3 aromatic heterocycles. The van der Waals surface area contributed by atoms with Crippen molar-refractivity contribution in [3.05, 3.63) is 81.8 Å². The number of hydrogen-bond donors (Lipinski definition) is 1. The number of halogens is 2. The molecule has 9 nitrogen and oxygen atoms in total. The summed E-state index contributed by atoms with van der Waals surface area (Å²) in [7, 11) is 0. The average Bonchev–Trinajstić information content (AvgIpc) is 2.93. The first kappa shape index (κ1) is 28.2. The van der Waals surface area contributed by atoms with E-state index in [9.17, 15) is 9.59 Å². The highest BCUT2D eigenvalue weighted by molar-refractivity contribution is 6.34. The van der Waals surface area contributed by atoms with Crippen LogP contribution in [0.1, 0.15) is 37.9 Å². The number of fused-ring (bicyclic) bond motifs is 1. The Morgan fingerprint density at radius 1 is 1.24 bits per heavy atom. The van der Waals surface area contributed by atoms with E-state index in [0.29, 0.717) is 42.2 Å². The van der Waals surface area contributed by atoms with Crippen molar-refractivity contribution in [2.24, 2.45) is 0 Å². The number of aromatic nitrogens is 4. The van der Waals surface area contributed by atoms with Gasteiger partial charge in [0.05, 0.1) is 33.0 Å². The van der Waals surface area contributed by atoms with Crippen LogP contribution in [0.5, 0.6) is 0 Å². The Labute approximate surface area is 242 Å². The summed E-state index contributed by atoms with van der Waals surface area (Å²) in [5, 5.41) is 0.657. The number of rotatable bonds is 5. The molecule has 1 aliphatic rings. The molecule has 4 heterocycles. The Hall–Kier alpha value is -4.31. The van der Waals surface area contributed by atoms with Gasteiger partial charge in [0, 0.05) is 37.6 Å². The van der Waals surface area contributed by atoms with Crippen LogP contribution in [0.4, 0.5) is 15.9 Å². The number of hydrogen-bond acceptors (Lipinski definition) is 7. The fourth-order valence-electron chi connectivity index (χ4n) is 5.39. The number of carbonyl (C=O) groups excluding carboxylic acids is 1. The third-order valence-corrected chi connectivity index (χ3v) is 7.68. The van der Waals surface area contributed by atoms with Crippen LogP contribution < -0.4 is 16.3 Å². The minimum Gasteiger partial charge on any atom is -0.398 e. The average molecular weight is 576 g/mol. The number of benzene rings is 1. The van der Waals surface area contributed by atoms with Crippen molar-refractivity contribution in [3.8, 4) is 16.9 Å². The van der Waals surface area contributed by atoms with E-state index in [2.05, 4.69) is 16.5 Å². The summed E-state index contributed by atoms with van der Waals surface area (Å²) in [5.74, 6) is -0.375. The molecule has 5 rings (SSSR count). The molecule has 11 heteroatoms. The lowest BCUT2D eigenvalue weighted by molar-refractivity contribution is -0.128. The molecular formula is C30H31ClFN7O2. The van der Waals surface area contributed by atoms with Gasteiger partial charge in [-0.1, -0.05) is 38.1 Å². The molecule has 41 heavy (non-hydrogen) atoms. The number of pyridine rings is 2. The quantitative estimate of drug-likeness (QED) is 0.267. The molecule has 1 amide bonds. The molecule has 1 aromatic carbocycles. The van der Waals surface area contributed by atoms with Crippen molar-refractivity contribution >= 4 is 40.0 Å². The van der Waals surface area contributed by atoms with Crippen LogP contribution in [-0.2, 0) is 4.79 Å². The monoisotopic (exact) mass is 575 g/mol. The third kappa shape index (κ3) is 4.93. The van der Waals surface area contributed by atoms with Crippen LogP contribution in [0.15, 0.2) is 54.0 Å². The number of nitrogen functional groups attached to an aromatic ring is 1. The molecule has 0 aliphatic carbocycles. The molecule has 2 N–H and O–H groups in total. The summed E-state index contributed by atoms with van der Waals surface area (Å²) in [6, 6.07) is 7.66. The lowest BCUT2D eigenvalue weighted by atomic mass is 10.0. The zero-order chi connectivity index (χ0) is 29.6. The van der Waals surface area contributed by atoms with Gasteiger partial charge in [0.2, 0.25) is 5.91 Å². The molecule has 0 saturated carbocycles. The second-order valence-corrected chi connectivity index (χ2v) is 10.9. The Morgan fingerprint density at radius 3 is 2.66 bits per heavy atom. The molecule has 212 valence electrons. The molecule has 1 atom stereocenters. The SMILES string of the molecule is C=CC(=O)N1CCN(c2nc(=O)n(-c3c(C)ccnc3C(C)C)c3nc(-c4c(N)cccc4F)c(Cl)cc23)C[C@H]1C. The first-order chi connectivity index (χ1) is 19.5. The number of anilines is 2. The molecule has 0 radical (unpaired) electrons. The van der Waals surface area contributed by atoms with Crippen molar-refractivity contribution in [1.29, 1.82) is 0 Å². The van der Waals surface area contributed by atoms with Crippen LogP contribution >= 0.6 is 11.6 Å². The van der Waals surface area contributed by atoms with Gasteiger partial charge < -0.3 is 15.5 Å². The maximum absolute atomic E-state index is 15.1. The number of nitrogens with two attached hydrogens (primary N) is 1. The van der Waals surface area contributed by atoms with Crippen molar-refractivity contribution in [1.82, 2.24) is 24.4 Å². The van der Waals surface area contributed by atoms with E-state index in [4.69, 9.17) is 22.3 Å². The van der Waals surface area contributed by atoms with E-state index >= 15 is 4.39 Å². The van der Waals surface area contributed by atoms with E-state index in [0.717, 1.165) is 5.56 Å². The van der Waals surface area contributed by atoms with Gasteiger partial charge in [0.25, 0.3) is 0 Å². The molecule has 4 aromatic rings. The molecule has 0 spiro atoms. The normalized spacial score (nSPS) is 15.5. The fourth-order valence-corrected chi connectivity index (χ4v) is 5.64. The molecule has 1 saturated heterocycles. The van der Waals surface area contributed by atoms with Gasteiger partial charge in [-0.15, -0.1) is 0 Å². The highest BCUT2D eigenvalue weighted by atomic mass is 35.5. The van der Waals surface area contributed by atoms with E-state index in [1.165, 1.54) is 22.8 Å². The third-order valence-electron chi connectivity index (χ3n) is 7.39. The highest BCUT2D eigenvalue weighted by Gasteiger charge is 2.30. The van der Waals surface area contributed by atoms with Gasteiger partial charge in [0.15, 0.2) is 5.65 Å². The van der Waals surface area contributed by atoms with Gasteiger partial charge in [0.1, 0.15) is 11.6 Å². The van der Waals surface area contributed by atoms with Crippen molar-refractivity contribution in [3.63, 3.8) is 0 Å². The second-order valence-electron chi connectivity index (χ2n) is 10.5. The summed E-state index contributed by atoms with van der Waals surface area (Å²) in [6.07, 6.45) is 2.99. The van der Waals surface area contributed by atoms with Crippen molar-refractivity contribution in [2.45, 2.75) is 39.7 Å². The number of carbonyl (C=O) groups is 1. The second kappa shape index (κ2) is 10.9. The van der Waals surface area contributed by atoms with Gasteiger partial charge in [-0.25, -0.2) is 18.7 Å². The van der Waals surface area contributed by atoms with Gasteiger partial charge >= 0.3 is 5.69 Å². The fraction of sp³-hybridized carbons (Fsp3) is 0.300. The number of piperazine rings is 1. The maximum atomic E-state index is 15.1. The maximum Gasteiger partial charge on any atom is 0.355 e. The van der Waals surface area contributed by atoms with Crippen LogP contribution in [0.3, 0.4) is 0 Å². The zero-order valence-electron chi connectivity index (χ0n) is 23.4. The number of amides is 1. The zero-order valence-corrected chi connectivity index (χ0v) is 24.1. The Balaban J connectivity index is 1.82. The van der Waals surface area contributed by atoms with Crippen molar-refractivity contribution < 1.29 is 9.18 Å². The largest absolute Gasteiger partial charge is 0.398 e. The van der Waals surface area contributed by atoms with Crippen LogP contribution in [0.2, 0.25) is 5.02 Å². The van der Waals surface area contributed by atoms with Crippen molar-refractivity contribution in [2.75, 3.05) is 30.3 Å². The number of aryl methyl sites for hydroxylation is 1. The predicted octanol–water partition coefficient (Wildman–Crippen LogP) is 4.87. The predicted molar refractivity (Wildman–Crippen MR) is 160 cm³/mol.